The molecular formula is C12H18N4O4. The number of nitrogens with one attached hydrogen (secondary N) is 2. The zero-order valence-corrected chi connectivity index (χ0v) is 11.2. The van der Waals surface area contributed by atoms with Gasteiger partial charge in [-0.1, -0.05) is 0 Å². The molecule has 8 heteroatoms. The maximum atomic E-state index is 11.9. The van der Waals surface area contributed by atoms with Gasteiger partial charge in [0.05, 0.1) is 13.2 Å². The van der Waals surface area contributed by atoms with Gasteiger partial charge in [0.15, 0.2) is 5.54 Å². The molecule has 1 fully saturated rings. The van der Waals surface area contributed by atoms with Crippen LogP contribution in [0.4, 0.5) is 4.79 Å². The highest BCUT2D eigenvalue weighted by atomic mass is 16.5. The molecule has 20 heavy (non-hydrogen) atoms. The van der Waals surface area contributed by atoms with Crippen molar-refractivity contribution in [2.24, 2.45) is 0 Å². The van der Waals surface area contributed by atoms with Gasteiger partial charge in [0.25, 0.3) is 0 Å². The van der Waals surface area contributed by atoms with Crippen molar-refractivity contribution in [3.8, 4) is 0 Å². The smallest absolute Gasteiger partial charge is 0.332 e. The lowest BCUT2D eigenvalue weighted by Gasteiger charge is -2.25. The van der Waals surface area contributed by atoms with Crippen molar-refractivity contribution in [2.75, 3.05) is 13.2 Å². The van der Waals surface area contributed by atoms with E-state index in [9.17, 15) is 14.7 Å². The molecule has 2 atom stereocenters. The number of rotatable bonds is 5. The number of ether oxygens (including phenoxy) is 1. The summed E-state index contributed by atoms with van der Waals surface area (Å²) >= 11 is 0. The lowest BCUT2D eigenvalue weighted by Crippen LogP contribution is -2.59. The molecule has 8 nitrogen and oxygen atoms in total. The van der Waals surface area contributed by atoms with Gasteiger partial charge in [0.2, 0.25) is 0 Å². The summed E-state index contributed by atoms with van der Waals surface area (Å²) in [6.07, 6.45) is 3.71. The van der Waals surface area contributed by atoms with Gasteiger partial charge in [-0.2, -0.15) is 5.10 Å². The molecule has 2 unspecified atom stereocenters. The maximum absolute atomic E-state index is 11.9. The van der Waals surface area contributed by atoms with E-state index in [0.717, 1.165) is 0 Å². The van der Waals surface area contributed by atoms with Crippen LogP contribution in [0, 0.1) is 0 Å². The molecule has 110 valence electrons. The van der Waals surface area contributed by atoms with E-state index >= 15 is 0 Å². The Balaban J connectivity index is 1.86. The standard InChI is InChI=1S/C12H18N4O4/c1-9(7-16-5-2-4-13-16)14-11(19)15-12(10(17)18)3-6-20-8-12/h2,4-5,9H,3,6-8H2,1H3,(H,17,18)(H2,14,15,19). The van der Waals surface area contributed by atoms with Crippen molar-refractivity contribution in [1.82, 2.24) is 20.4 Å². The van der Waals surface area contributed by atoms with Crippen LogP contribution in [0.25, 0.3) is 0 Å². The van der Waals surface area contributed by atoms with Crippen molar-refractivity contribution >= 4 is 12.0 Å². The Kier molecular flexibility index (Phi) is 4.23. The molecule has 0 spiro atoms. The topological polar surface area (TPSA) is 105 Å². The van der Waals surface area contributed by atoms with Crippen LogP contribution in [-0.2, 0) is 16.1 Å². The number of urea groups is 1. The van der Waals surface area contributed by atoms with Gasteiger partial charge in [0.1, 0.15) is 0 Å². The second kappa shape index (κ2) is 5.91. The van der Waals surface area contributed by atoms with E-state index in [1.165, 1.54) is 0 Å². The molecule has 2 amide bonds. The van der Waals surface area contributed by atoms with Gasteiger partial charge in [-0.05, 0) is 13.0 Å². The third-order valence-electron chi connectivity index (χ3n) is 3.18. The molecule has 0 aromatic carbocycles. The average molecular weight is 282 g/mol. The summed E-state index contributed by atoms with van der Waals surface area (Å²) in [5.74, 6) is -1.08. The summed E-state index contributed by atoms with van der Waals surface area (Å²) in [6.45, 7) is 2.65. The molecule has 2 rings (SSSR count). The minimum atomic E-state index is -1.32. The summed E-state index contributed by atoms with van der Waals surface area (Å²) in [4.78, 5) is 23.1. The normalized spacial score (nSPS) is 23.2. The van der Waals surface area contributed by atoms with E-state index in [0.29, 0.717) is 13.2 Å². The predicted octanol–water partition coefficient (Wildman–Crippen LogP) is -0.185. The first-order valence-electron chi connectivity index (χ1n) is 6.39. The van der Waals surface area contributed by atoms with Gasteiger partial charge in [0, 0.05) is 31.5 Å². The summed E-state index contributed by atoms with van der Waals surface area (Å²) in [5, 5.41) is 18.5. The molecule has 0 saturated carbocycles. The Hall–Kier alpha value is -2.09. The number of aliphatic carboxylic acids is 1. The van der Waals surface area contributed by atoms with Gasteiger partial charge >= 0.3 is 12.0 Å². The zero-order valence-electron chi connectivity index (χ0n) is 11.2. The van der Waals surface area contributed by atoms with Crippen molar-refractivity contribution in [1.29, 1.82) is 0 Å². The minimum absolute atomic E-state index is 0.0106. The van der Waals surface area contributed by atoms with E-state index in [2.05, 4.69) is 15.7 Å². The number of hydrogen-bond donors (Lipinski definition) is 3. The quantitative estimate of drug-likeness (QED) is 0.694. The molecule has 0 bridgehead atoms. The number of carbonyl (C=O) groups is 2. The van der Waals surface area contributed by atoms with Crippen LogP contribution in [-0.4, -0.2) is 51.7 Å². The molecule has 1 aliphatic rings. The summed E-state index contributed by atoms with van der Waals surface area (Å²) in [7, 11) is 0. The van der Waals surface area contributed by atoms with Gasteiger partial charge in [-0.25, -0.2) is 9.59 Å². The number of nitrogens with zero attached hydrogens (tertiary/aromatic N) is 2. The monoisotopic (exact) mass is 282 g/mol. The SMILES string of the molecule is CC(Cn1cccn1)NC(=O)NC1(C(=O)O)CCOC1. The first kappa shape index (κ1) is 14.3. The molecule has 1 aromatic rings. The number of carbonyl (C=O) groups excluding carboxylic acids is 1. The largest absolute Gasteiger partial charge is 0.479 e. The highest BCUT2D eigenvalue weighted by Gasteiger charge is 2.44. The van der Waals surface area contributed by atoms with Crippen molar-refractivity contribution in [3.05, 3.63) is 18.5 Å². The highest BCUT2D eigenvalue weighted by Crippen LogP contribution is 2.18. The van der Waals surface area contributed by atoms with Crippen molar-refractivity contribution < 1.29 is 19.4 Å². The highest BCUT2D eigenvalue weighted by molar-refractivity contribution is 5.86. The van der Waals surface area contributed by atoms with Crippen molar-refractivity contribution in [2.45, 2.75) is 31.5 Å². The first-order chi connectivity index (χ1) is 9.52. The van der Waals surface area contributed by atoms with Crippen LogP contribution in [0.2, 0.25) is 0 Å². The van der Waals surface area contributed by atoms with Crippen LogP contribution in [0.3, 0.4) is 0 Å². The average Bonchev–Trinajstić information content (AvgIpc) is 3.00. The number of aromatic nitrogens is 2. The molecule has 0 radical (unpaired) electrons. The van der Waals surface area contributed by atoms with E-state index < -0.39 is 17.5 Å². The Labute approximate surface area is 116 Å². The molecule has 1 saturated heterocycles. The number of amides is 2. The molecular weight excluding hydrogens is 264 g/mol. The van der Waals surface area contributed by atoms with Crippen LogP contribution in [0.1, 0.15) is 13.3 Å². The first-order valence-corrected chi connectivity index (χ1v) is 6.39. The van der Waals surface area contributed by atoms with E-state index in [4.69, 9.17) is 4.74 Å². The number of carboxylic acid groups (broad SMARTS) is 1. The summed E-state index contributed by atoms with van der Waals surface area (Å²) < 4.78 is 6.77. The molecule has 1 aromatic heterocycles. The number of hydrogen-bond acceptors (Lipinski definition) is 4. The molecule has 3 N–H and O–H groups in total. The molecule has 2 heterocycles. The Morgan fingerprint density at radius 3 is 2.95 bits per heavy atom. The summed E-state index contributed by atoms with van der Waals surface area (Å²) in [6, 6.07) is 1.10. The number of carboxylic acids is 1. The Morgan fingerprint density at radius 2 is 2.40 bits per heavy atom. The second-order valence-electron chi connectivity index (χ2n) is 4.92. The van der Waals surface area contributed by atoms with E-state index in [1.54, 1.807) is 23.1 Å². The predicted molar refractivity (Wildman–Crippen MR) is 69.2 cm³/mol. The van der Waals surface area contributed by atoms with Crippen LogP contribution >= 0.6 is 0 Å². The third kappa shape index (κ3) is 3.27. The van der Waals surface area contributed by atoms with Gasteiger partial charge in [-0.15, -0.1) is 0 Å². The zero-order chi connectivity index (χ0) is 14.6. The van der Waals surface area contributed by atoms with Gasteiger partial charge in [-0.3, -0.25) is 4.68 Å². The maximum Gasteiger partial charge on any atom is 0.332 e. The van der Waals surface area contributed by atoms with Gasteiger partial charge < -0.3 is 20.5 Å². The van der Waals surface area contributed by atoms with E-state index in [1.807, 2.05) is 6.92 Å². The minimum Gasteiger partial charge on any atom is -0.479 e. The van der Waals surface area contributed by atoms with E-state index in [-0.39, 0.29) is 19.1 Å². The fourth-order valence-corrected chi connectivity index (χ4v) is 2.10. The third-order valence-corrected chi connectivity index (χ3v) is 3.18. The molecule has 0 aliphatic carbocycles. The Morgan fingerprint density at radius 1 is 1.60 bits per heavy atom. The van der Waals surface area contributed by atoms with Crippen molar-refractivity contribution in [3.63, 3.8) is 0 Å². The van der Waals surface area contributed by atoms with Crippen LogP contribution in [0.15, 0.2) is 18.5 Å². The Bertz CT molecular complexity index is 468. The molecule has 1 aliphatic heterocycles. The van der Waals surface area contributed by atoms with Crippen LogP contribution < -0.4 is 10.6 Å². The lowest BCUT2D eigenvalue weighted by atomic mass is 9.99. The van der Waals surface area contributed by atoms with Crippen LogP contribution in [0.5, 0.6) is 0 Å². The fraction of sp³-hybridized carbons (Fsp3) is 0.583. The fourth-order valence-electron chi connectivity index (χ4n) is 2.10. The second-order valence-corrected chi connectivity index (χ2v) is 4.92. The summed E-state index contributed by atoms with van der Waals surface area (Å²) in [5.41, 5.74) is -1.32. The lowest BCUT2D eigenvalue weighted by molar-refractivity contribution is -0.144.